The summed E-state index contributed by atoms with van der Waals surface area (Å²) in [5.41, 5.74) is -0.285. The Bertz CT molecular complexity index is 258. The molecular formula is C10H17NO4. The van der Waals surface area contributed by atoms with E-state index in [2.05, 4.69) is 0 Å². The van der Waals surface area contributed by atoms with Gasteiger partial charge in [-0.3, -0.25) is 9.69 Å². The topological polar surface area (TPSA) is 70.0 Å². The van der Waals surface area contributed by atoms with Gasteiger partial charge >= 0.3 is 5.97 Å². The molecule has 2 aliphatic rings. The van der Waals surface area contributed by atoms with E-state index in [4.69, 9.17) is 9.84 Å². The predicted octanol–water partition coefficient (Wildman–Crippen LogP) is -0.313. The van der Waals surface area contributed by atoms with Gasteiger partial charge in [-0.2, -0.15) is 0 Å². The molecule has 0 aromatic carbocycles. The Morgan fingerprint density at radius 3 is 3.07 bits per heavy atom. The zero-order valence-electron chi connectivity index (χ0n) is 8.69. The Kier molecular flexibility index (Phi) is 2.95. The van der Waals surface area contributed by atoms with Gasteiger partial charge in [0.1, 0.15) is 0 Å². The van der Waals surface area contributed by atoms with Gasteiger partial charge in [-0.05, 0) is 12.8 Å². The van der Waals surface area contributed by atoms with E-state index in [0.29, 0.717) is 26.0 Å². The lowest BCUT2D eigenvalue weighted by Gasteiger charge is -2.36. The second-order valence-corrected chi connectivity index (χ2v) is 4.53. The number of nitrogens with zero attached hydrogens (tertiary/aromatic N) is 1. The van der Waals surface area contributed by atoms with Crippen LogP contribution in [0.5, 0.6) is 0 Å². The second-order valence-electron chi connectivity index (χ2n) is 4.53. The third-order valence-electron chi connectivity index (χ3n) is 3.22. The number of hydrogen-bond donors (Lipinski definition) is 2. The molecule has 2 aliphatic heterocycles. The summed E-state index contributed by atoms with van der Waals surface area (Å²) in [6.45, 7) is 2.04. The van der Waals surface area contributed by atoms with Crippen molar-refractivity contribution >= 4 is 5.97 Å². The fraction of sp³-hybridized carbons (Fsp3) is 0.900. The van der Waals surface area contributed by atoms with Crippen LogP contribution in [-0.4, -0.2) is 59.0 Å². The summed E-state index contributed by atoms with van der Waals surface area (Å²) in [4.78, 5) is 12.4. The maximum absolute atomic E-state index is 10.6. The summed E-state index contributed by atoms with van der Waals surface area (Å²) >= 11 is 0. The van der Waals surface area contributed by atoms with E-state index >= 15 is 0 Å². The first-order chi connectivity index (χ1) is 7.10. The number of carboxylic acids is 1. The monoisotopic (exact) mass is 215 g/mol. The fourth-order valence-corrected chi connectivity index (χ4v) is 2.54. The van der Waals surface area contributed by atoms with Crippen molar-refractivity contribution in [3.8, 4) is 0 Å². The molecule has 2 rings (SSSR count). The van der Waals surface area contributed by atoms with Crippen molar-refractivity contribution in [1.82, 2.24) is 4.90 Å². The average Bonchev–Trinajstić information content (AvgIpc) is 2.47. The van der Waals surface area contributed by atoms with Crippen molar-refractivity contribution < 1.29 is 19.7 Å². The van der Waals surface area contributed by atoms with Gasteiger partial charge in [0.05, 0.1) is 18.2 Å². The zero-order chi connectivity index (χ0) is 10.9. The summed E-state index contributed by atoms with van der Waals surface area (Å²) < 4.78 is 5.71. The molecule has 2 saturated heterocycles. The average molecular weight is 215 g/mol. The van der Waals surface area contributed by atoms with Crippen molar-refractivity contribution in [2.24, 2.45) is 0 Å². The summed E-state index contributed by atoms with van der Waals surface area (Å²) in [6, 6.07) is 0. The number of aliphatic hydroxyl groups excluding tert-OH is 1. The number of rotatable bonds is 2. The number of ether oxygens (including phenoxy) is 1. The lowest BCUT2D eigenvalue weighted by molar-refractivity contribution is -0.139. The smallest absolute Gasteiger partial charge is 0.317 e. The molecule has 5 nitrogen and oxygen atoms in total. The minimum atomic E-state index is -0.802. The van der Waals surface area contributed by atoms with Crippen molar-refractivity contribution in [3.05, 3.63) is 0 Å². The number of aliphatic carboxylic acids is 1. The molecule has 86 valence electrons. The quantitative estimate of drug-likeness (QED) is 0.661. The third kappa shape index (κ3) is 2.48. The highest BCUT2D eigenvalue weighted by Gasteiger charge is 2.43. The van der Waals surface area contributed by atoms with Gasteiger partial charge in [-0.25, -0.2) is 0 Å². The standard InChI is InChI=1S/C10H17NO4/c12-8-1-4-15-10(5-8)2-3-11(7-10)6-9(13)14/h8,12H,1-7H2,(H,13,14)/t8-,10-/m0/s1. The molecule has 0 amide bonds. The normalized spacial score (nSPS) is 37.3. The Morgan fingerprint density at radius 2 is 2.40 bits per heavy atom. The Labute approximate surface area is 88.6 Å². The van der Waals surface area contributed by atoms with Crippen LogP contribution >= 0.6 is 0 Å². The highest BCUT2D eigenvalue weighted by molar-refractivity contribution is 5.69. The van der Waals surface area contributed by atoms with Crippen LogP contribution in [0.15, 0.2) is 0 Å². The van der Waals surface area contributed by atoms with E-state index in [9.17, 15) is 9.90 Å². The van der Waals surface area contributed by atoms with Crippen LogP contribution in [0.2, 0.25) is 0 Å². The highest BCUT2D eigenvalue weighted by Crippen LogP contribution is 2.33. The molecule has 0 aliphatic carbocycles. The van der Waals surface area contributed by atoms with Crippen LogP contribution < -0.4 is 0 Å². The van der Waals surface area contributed by atoms with Crippen LogP contribution in [0.1, 0.15) is 19.3 Å². The highest BCUT2D eigenvalue weighted by atomic mass is 16.5. The lowest BCUT2D eigenvalue weighted by atomic mass is 9.91. The van der Waals surface area contributed by atoms with Crippen LogP contribution in [-0.2, 0) is 9.53 Å². The summed E-state index contributed by atoms with van der Waals surface area (Å²) in [5.74, 6) is -0.802. The number of likely N-dealkylation sites (tertiary alicyclic amines) is 1. The molecule has 2 fully saturated rings. The molecule has 0 bridgehead atoms. The molecule has 0 saturated carbocycles. The first-order valence-corrected chi connectivity index (χ1v) is 5.36. The maximum atomic E-state index is 10.6. The van der Waals surface area contributed by atoms with Gasteiger partial charge in [0, 0.05) is 26.1 Å². The number of hydrogen-bond acceptors (Lipinski definition) is 4. The van der Waals surface area contributed by atoms with Crippen LogP contribution in [0, 0.1) is 0 Å². The van der Waals surface area contributed by atoms with Crippen LogP contribution in [0.4, 0.5) is 0 Å². The Balaban J connectivity index is 1.92. The van der Waals surface area contributed by atoms with Gasteiger partial charge in [0.25, 0.3) is 0 Å². The Hall–Kier alpha value is -0.650. The molecule has 2 heterocycles. The van der Waals surface area contributed by atoms with Crippen molar-refractivity contribution in [2.75, 3.05) is 26.2 Å². The first kappa shape index (κ1) is 10.9. The molecule has 0 radical (unpaired) electrons. The molecule has 5 heteroatoms. The third-order valence-corrected chi connectivity index (χ3v) is 3.22. The first-order valence-electron chi connectivity index (χ1n) is 5.36. The largest absolute Gasteiger partial charge is 0.480 e. The van der Waals surface area contributed by atoms with Crippen molar-refractivity contribution in [2.45, 2.75) is 31.0 Å². The van der Waals surface area contributed by atoms with Gasteiger partial charge in [-0.1, -0.05) is 0 Å². The molecule has 0 aromatic rings. The number of aliphatic hydroxyl groups is 1. The molecule has 15 heavy (non-hydrogen) atoms. The van der Waals surface area contributed by atoms with Gasteiger partial charge in [0.2, 0.25) is 0 Å². The number of carboxylic acid groups (broad SMARTS) is 1. The molecule has 0 aromatic heterocycles. The van der Waals surface area contributed by atoms with Crippen LogP contribution in [0.3, 0.4) is 0 Å². The Morgan fingerprint density at radius 1 is 1.60 bits per heavy atom. The predicted molar refractivity (Wildman–Crippen MR) is 52.6 cm³/mol. The van der Waals surface area contributed by atoms with E-state index in [1.54, 1.807) is 0 Å². The number of carbonyl (C=O) groups is 1. The molecule has 1 spiro atoms. The SMILES string of the molecule is O=C(O)CN1CC[C@]2(C[C@@H](O)CCO2)C1. The van der Waals surface area contributed by atoms with Gasteiger partial charge in [-0.15, -0.1) is 0 Å². The van der Waals surface area contributed by atoms with E-state index in [1.807, 2.05) is 4.90 Å². The van der Waals surface area contributed by atoms with E-state index in [0.717, 1.165) is 13.0 Å². The van der Waals surface area contributed by atoms with E-state index in [-0.39, 0.29) is 18.2 Å². The summed E-state index contributed by atoms with van der Waals surface area (Å²) in [5, 5.41) is 18.3. The maximum Gasteiger partial charge on any atom is 0.317 e. The van der Waals surface area contributed by atoms with Crippen molar-refractivity contribution in [1.29, 1.82) is 0 Å². The van der Waals surface area contributed by atoms with E-state index in [1.165, 1.54) is 0 Å². The zero-order valence-corrected chi connectivity index (χ0v) is 8.69. The van der Waals surface area contributed by atoms with E-state index < -0.39 is 5.97 Å². The van der Waals surface area contributed by atoms with Crippen LogP contribution in [0.25, 0.3) is 0 Å². The molecule has 2 N–H and O–H groups in total. The van der Waals surface area contributed by atoms with Gasteiger partial charge < -0.3 is 14.9 Å². The minimum Gasteiger partial charge on any atom is -0.480 e. The minimum absolute atomic E-state index is 0.0706. The molecule has 2 atom stereocenters. The fourth-order valence-electron chi connectivity index (χ4n) is 2.54. The second kappa shape index (κ2) is 4.08. The molecular weight excluding hydrogens is 198 g/mol. The van der Waals surface area contributed by atoms with Gasteiger partial charge in [0.15, 0.2) is 0 Å². The molecule has 0 unspecified atom stereocenters. The summed E-state index contributed by atoms with van der Waals surface area (Å²) in [6.07, 6.45) is 1.88. The summed E-state index contributed by atoms with van der Waals surface area (Å²) in [7, 11) is 0. The lowest BCUT2D eigenvalue weighted by Crippen LogP contribution is -2.44. The van der Waals surface area contributed by atoms with Crippen molar-refractivity contribution in [3.63, 3.8) is 0 Å².